The van der Waals surface area contributed by atoms with Crippen molar-refractivity contribution in [2.24, 2.45) is 4.99 Å². The van der Waals surface area contributed by atoms with Crippen LogP contribution in [0.5, 0.6) is 11.5 Å². The molecule has 1 aromatic rings. The first-order valence-electron chi connectivity index (χ1n) is 10.1. The van der Waals surface area contributed by atoms with E-state index in [4.69, 9.17) is 9.47 Å². The standard InChI is InChI=1S/C22H35N5O3.HI/c1-16(2)12-23-22(24-13-21(28)26(3)4)25-18-7-8-27(15-18)14-17-9-19(29-5)11-20(10-17)30-6;/h9-11,18H,1,7-8,12-15H2,2-6H3,(H2,23,24,25);1H. The second kappa shape index (κ2) is 13.4. The van der Waals surface area contributed by atoms with Crippen LogP contribution in [0.2, 0.25) is 0 Å². The predicted octanol–water partition coefficient (Wildman–Crippen LogP) is 2.10. The number of carbonyl (C=O) groups excluding carboxylic acids is 1. The van der Waals surface area contributed by atoms with Gasteiger partial charge in [0.05, 0.1) is 14.2 Å². The molecule has 1 aliphatic heterocycles. The molecule has 0 aromatic heterocycles. The Labute approximate surface area is 203 Å². The van der Waals surface area contributed by atoms with Crippen molar-refractivity contribution in [3.8, 4) is 11.5 Å². The molecule has 0 saturated carbocycles. The van der Waals surface area contributed by atoms with Crippen molar-refractivity contribution in [1.29, 1.82) is 0 Å². The van der Waals surface area contributed by atoms with E-state index < -0.39 is 0 Å². The zero-order valence-electron chi connectivity index (χ0n) is 19.2. The summed E-state index contributed by atoms with van der Waals surface area (Å²) in [6.07, 6.45) is 0.997. The fourth-order valence-corrected chi connectivity index (χ4v) is 3.18. The largest absolute Gasteiger partial charge is 0.497 e. The normalized spacial score (nSPS) is 16.3. The van der Waals surface area contributed by atoms with Crippen molar-refractivity contribution in [2.45, 2.75) is 25.9 Å². The average Bonchev–Trinajstić information content (AvgIpc) is 3.15. The van der Waals surface area contributed by atoms with Gasteiger partial charge in [-0.25, -0.2) is 4.99 Å². The molecule has 1 saturated heterocycles. The topological polar surface area (TPSA) is 78.4 Å². The molecule has 0 spiro atoms. The van der Waals surface area contributed by atoms with Crippen LogP contribution in [-0.4, -0.2) is 82.2 Å². The van der Waals surface area contributed by atoms with Gasteiger partial charge in [0.1, 0.15) is 18.0 Å². The van der Waals surface area contributed by atoms with E-state index in [1.54, 1.807) is 33.2 Å². The molecule has 2 rings (SSSR count). The van der Waals surface area contributed by atoms with Crippen LogP contribution in [0.15, 0.2) is 35.3 Å². The Morgan fingerprint density at radius 1 is 1.26 bits per heavy atom. The zero-order chi connectivity index (χ0) is 22.1. The lowest BCUT2D eigenvalue weighted by atomic mass is 10.2. The van der Waals surface area contributed by atoms with Crippen LogP contribution in [0.1, 0.15) is 18.9 Å². The van der Waals surface area contributed by atoms with Crippen molar-refractivity contribution < 1.29 is 14.3 Å². The monoisotopic (exact) mass is 545 g/mol. The molecule has 9 heteroatoms. The summed E-state index contributed by atoms with van der Waals surface area (Å²) in [5, 5.41) is 6.71. The molecule has 31 heavy (non-hydrogen) atoms. The number of halogens is 1. The maximum atomic E-state index is 11.9. The number of nitrogens with zero attached hydrogens (tertiary/aromatic N) is 3. The van der Waals surface area contributed by atoms with E-state index in [0.29, 0.717) is 12.5 Å². The van der Waals surface area contributed by atoms with Crippen molar-refractivity contribution >= 4 is 35.8 Å². The first kappa shape index (κ1) is 27.0. The minimum atomic E-state index is -0.0357. The molecule has 2 N–H and O–H groups in total. The number of methoxy groups -OCH3 is 2. The Hall–Kier alpha value is -2.01. The first-order chi connectivity index (χ1) is 14.3. The Bertz CT molecular complexity index is 747. The maximum Gasteiger partial charge on any atom is 0.243 e. The molecule has 1 unspecified atom stereocenters. The Morgan fingerprint density at radius 2 is 1.90 bits per heavy atom. The van der Waals surface area contributed by atoms with Crippen LogP contribution in [0.25, 0.3) is 0 Å². The third-order valence-electron chi connectivity index (χ3n) is 4.86. The zero-order valence-corrected chi connectivity index (χ0v) is 21.6. The summed E-state index contributed by atoms with van der Waals surface area (Å²) >= 11 is 0. The smallest absolute Gasteiger partial charge is 0.243 e. The number of ether oxygens (including phenoxy) is 2. The lowest BCUT2D eigenvalue weighted by Gasteiger charge is -2.20. The number of aliphatic imine (C=N–C) groups is 1. The minimum Gasteiger partial charge on any atom is -0.497 e. The van der Waals surface area contributed by atoms with Gasteiger partial charge in [0.25, 0.3) is 0 Å². The van der Waals surface area contributed by atoms with E-state index >= 15 is 0 Å². The fourth-order valence-electron chi connectivity index (χ4n) is 3.18. The maximum absolute atomic E-state index is 11.9. The number of hydrogen-bond donors (Lipinski definition) is 2. The third kappa shape index (κ3) is 9.34. The van der Waals surface area contributed by atoms with Gasteiger partial charge in [-0.1, -0.05) is 12.2 Å². The van der Waals surface area contributed by atoms with E-state index in [0.717, 1.165) is 48.7 Å². The second-order valence-corrected chi connectivity index (χ2v) is 7.85. The average molecular weight is 545 g/mol. The Kier molecular flexibility index (Phi) is 11.7. The molecule has 1 amide bonds. The fraction of sp³-hybridized carbons (Fsp3) is 0.545. The van der Waals surface area contributed by atoms with Crippen LogP contribution in [0, 0.1) is 0 Å². The van der Waals surface area contributed by atoms with E-state index in [1.165, 1.54) is 0 Å². The number of rotatable bonds is 9. The summed E-state index contributed by atoms with van der Waals surface area (Å²) in [6.45, 7) is 9.27. The summed E-state index contributed by atoms with van der Waals surface area (Å²) in [5.74, 6) is 2.19. The lowest BCUT2D eigenvalue weighted by Crippen LogP contribution is -2.45. The van der Waals surface area contributed by atoms with Crippen LogP contribution < -0.4 is 20.1 Å². The van der Waals surface area contributed by atoms with Gasteiger partial charge in [-0.05, 0) is 31.0 Å². The van der Waals surface area contributed by atoms with E-state index in [9.17, 15) is 4.79 Å². The summed E-state index contributed by atoms with van der Waals surface area (Å²) in [7, 11) is 6.78. The lowest BCUT2D eigenvalue weighted by molar-refractivity contribution is -0.127. The highest BCUT2D eigenvalue weighted by atomic mass is 127. The number of carbonyl (C=O) groups is 1. The number of amides is 1. The van der Waals surface area contributed by atoms with E-state index in [2.05, 4.69) is 27.1 Å². The molecule has 174 valence electrons. The molecule has 0 bridgehead atoms. The molecule has 1 aliphatic rings. The van der Waals surface area contributed by atoms with Gasteiger partial charge >= 0.3 is 0 Å². The molecular weight excluding hydrogens is 509 g/mol. The highest BCUT2D eigenvalue weighted by Crippen LogP contribution is 2.24. The number of guanidine groups is 1. The van der Waals surface area contributed by atoms with Gasteiger partial charge in [-0.2, -0.15) is 0 Å². The van der Waals surface area contributed by atoms with Gasteiger partial charge < -0.3 is 25.0 Å². The highest BCUT2D eigenvalue weighted by Gasteiger charge is 2.23. The van der Waals surface area contributed by atoms with Gasteiger partial charge in [-0.3, -0.25) is 9.69 Å². The third-order valence-corrected chi connectivity index (χ3v) is 4.86. The molecule has 0 aliphatic carbocycles. The number of nitrogens with one attached hydrogen (secondary N) is 2. The second-order valence-electron chi connectivity index (χ2n) is 7.85. The molecule has 0 radical (unpaired) electrons. The Morgan fingerprint density at radius 3 is 2.45 bits per heavy atom. The van der Waals surface area contributed by atoms with Crippen LogP contribution >= 0.6 is 24.0 Å². The summed E-state index contributed by atoms with van der Waals surface area (Å²) in [6, 6.07) is 6.21. The van der Waals surface area contributed by atoms with E-state index in [-0.39, 0.29) is 42.5 Å². The van der Waals surface area contributed by atoms with Crippen molar-refractivity contribution in [2.75, 3.05) is 54.5 Å². The molecule has 1 aromatic carbocycles. The van der Waals surface area contributed by atoms with Crippen LogP contribution in [0.3, 0.4) is 0 Å². The van der Waals surface area contributed by atoms with Crippen molar-refractivity contribution in [1.82, 2.24) is 20.4 Å². The molecule has 1 atom stereocenters. The molecular formula is C22H36IN5O3. The van der Waals surface area contributed by atoms with Gasteiger partial charge in [0, 0.05) is 52.4 Å². The number of likely N-dealkylation sites (N-methyl/N-ethyl adjacent to an activating group) is 1. The highest BCUT2D eigenvalue weighted by molar-refractivity contribution is 14.0. The molecule has 1 fully saturated rings. The van der Waals surface area contributed by atoms with E-state index in [1.807, 2.05) is 25.1 Å². The first-order valence-corrected chi connectivity index (χ1v) is 10.1. The summed E-state index contributed by atoms with van der Waals surface area (Å²) in [4.78, 5) is 20.3. The predicted molar refractivity (Wildman–Crippen MR) is 136 cm³/mol. The van der Waals surface area contributed by atoms with Gasteiger partial charge in [0.15, 0.2) is 5.96 Å². The number of hydrogen-bond acceptors (Lipinski definition) is 5. The molecule has 1 heterocycles. The molecule has 8 nitrogen and oxygen atoms in total. The minimum absolute atomic E-state index is 0. The summed E-state index contributed by atoms with van der Waals surface area (Å²) < 4.78 is 10.7. The van der Waals surface area contributed by atoms with Crippen LogP contribution in [0.4, 0.5) is 0 Å². The summed E-state index contributed by atoms with van der Waals surface area (Å²) in [5.41, 5.74) is 2.15. The number of benzene rings is 1. The quantitative estimate of drug-likeness (QED) is 0.214. The van der Waals surface area contributed by atoms with Crippen LogP contribution in [-0.2, 0) is 11.3 Å². The number of likely N-dealkylation sites (tertiary alicyclic amines) is 1. The Balaban J connectivity index is 0.00000480. The van der Waals surface area contributed by atoms with Gasteiger partial charge in [-0.15, -0.1) is 24.0 Å². The SMILES string of the molecule is C=C(C)CNC(=NCC(=O)N(C)C)NC1CCN(Cc2cc(OC)cc(OC)c2)C1.I. The van der Waals surface area contributed by atoms with Gasteiger partial charge in [0.2, 0.25) is 5.91 Å². The van der Waals surface area contributed by atoms with Crippen molar-refractivity contribution in [3.05, 3.63) is 35.9 Å². The van der Waals surface area contributed by atoms with Crippen molar-refractivity contribution in [3.63, 3.8) is 0 Å².